The molecule has 4 rings (SSSR count). The zero-order chi connectivity index (χ0) is 29.7. The van der Waals surface area contributed by atoms with E-state index in [2.05, 4.69) is 26.0 Å². The van der Waals surface area contributed by atoms with Crippen molar-refractivity contribution in [2.75, 3.05) is 23.7 Å². The average Bonchev–Trinajstić information content (AvgIpc) is 3.13. The molecule has 0 unspecified atom stereocenters. The first-order valence-electron chi connectivity index (χ1n) is 12.5. The van der Waals surface area contributed by atoms with Crippen molar-refractivity contribution in [3.8, 4) is 0 Å². The molecule has 0 fully saturated rings. The maximum Gasteiger partial charge on any atom is 0.338 e. The van der Waals surface area contributed by atoms with E-state index in [9.17, 15) is 22.8 Å². The van der Waals surface area contributed by atoms with Gasteiger partial charge in [0, 0.05) is 27.3 Å². The first-order chi connectivity index (χ1) is 19.5. The number of ether oxygens (including phenoxy) is 1. The normalized spacial score (nSPS) is 13.6. The van der Waals surface area contributed by atoms with Gasteiger partial charge in [-0.3, -0.25) is 19.2 Å². The van der Waals surface area contributed by atoms with Gasteiger partial charge in [-0.15, -0.1) is 0 Å². The molecule has 0 bridgehead atoms. The van der Waals surface area contributed by atoms with Crippen molar-refractivity contribution in [2.45, 2.75) is 24.5 Å². The van der Waals surface area contributed by atoms with Gasteiger partial charge in [-0.2, -0.15) is 0 Å². The van der Waals surface area contributed by atoms with Crippen LogP contribution in [0.4, 0.5) is 11.4 Å². The number of rotatable bonds is 11. The summed E-state index contributed by atoms with van der Waals surface area (Å²) in [5, 5.41) is 3.10. The van der Waals surface area contributed by atoms with E-state index in [0.29, 0.717) is 16.1 Å². The van der Waals surface area contributed by atoms with E-state index in [1.807, 2.05) is 26.0 Å². The lowest BCUT2D eigenvalue weighted by Crippen LogP contribution is -2.35. The van der Waals surface area contributed by atoms with Crippen LogP contribution in [0.25, 0.3) is 0 Å². The molecule has 12 heteroatoms. The van der Waals surface area contributed by atoms with E-state index in [4.69, 9.17) is 4.74 Å². The predicted octanol–water partition coefficient (Wildman–Crippen LogP) is 5.62. The Balaban J connectivity index is 1.59. The fraction of sp³-hybridized carbons (Fsp3) is 0.207. The molecule has 2 N–H and O–H groups in total. The molecule has 1 aliphatic heterocycles. The number of sulfonamides is 1. The van der Waals surface area contributed by atoms with Crippen molar-refractivity contribution >= 4 is 66.9 Å². The van der Waals surface area contributed by atoms with Gasteiger partial charge in [0.2, 0.25) is 10.0 Å². The number of nitrogens with zero attached hydrogens (tertiary/aromatic N) is 1. The van der Waals surface area contributed by atoms with E-state index < -0.39 is 33.6 Å². The molecule has 9 nitrogen and oxygen atoms in total. The van der Waals surface area contributed by atoms with Crippen LogP contribution in [0, 0.1) is 5.92 Å². The van der Waals surface area contributed by atoms with Crippen LogP contribution in [-0.2, 0) is 30.1 Å². The molecule has 0 aliphatic carbocycles. The number of amides is 2. The molecule has 1 heterocycles. The molecule has 0 atom stereocenters. The van der Waals surface area contributed by atoms with E-state index in [-0.39, 0.29) is 34.3 Å². The zero-order valence-electron chi connectivity index (χ0n) is 22.5. The summed E-state index contributed by atoms with van der Waals surface area (Å²) in [4.78, 5) is 40.7. The molecule has 0 radical (unpaired) electrons. The lowest BCUT2D eigenvalue weighted by atomic mass is 10.1. The summed E-state index contributed by atoms with van der Waals surface area (Å²) in [5.74, 6) is -1.84. The number of halogens is 1. The highest BCUT2D eigenvalue weighted by atomic mass is 79.9. The first kappa shape index (κ1) is 30.4. The Hall–Kier alpha value is -3.61. The second kappa shape index (κ2) is 12.9. The number of methoxy groups -OCH3 is 1. The van der Waals surface area contributed by atoms with Gasteiger partial charge in [-0.05, 0) is 60.0 Å². The van der Waals surface area contributed by atoms with Crippen molar-refractivity contribution < 1.29 is 27.5 Å². The molecule has 0 saturated carbocycles. The Morgan fingerprint density at radius 2 is 1.68 bits per heavy atom. The lowest BCUT2D eigenvalue weighted by molar-refractivity contribution is -0.137. The number of anilines is 2. The molecular weight excluding hydrogens is 630 g/mol. The molecule has 3 aromatic carbocycles. The minimum atomic E-state index is -3.92. The number of esters is 1. The topological polar surface area (TPSA) is 122 Å². The highest BCUT2D eigenvalue weighted by Crippen LogP contribution is 2.37. The van der Waals surface area contributed by atoms with Crippen molar-refractivity contribution in [2.24, 2.45) is 5.92 Å². The van der Waals surface area contributed by atoms with Crippen LogP contribution in [-0.4, -0.2) is 44.8 Å². The van der Waals surface area contributed by atoms with Crippen molar-refractivity contribution in [1.29, 1.82) is 0 Å². The molecule has 0 aromatic heterocycles. The number of thioether (sulfide) groups is 1. The zero-order valence-corrected chi connectivity index (χ0v) is 25.7. The van der Waals surface area contributed by atoms with Gasteiger partial charge in [0.25, 0.3) is 11.8 Å². The largest absolute Gasteiger partial charge is 0.465 e. The summed E-state index contributed by atoms with van der Waals surface area (Å²) >= 11 is 4.47. The van der Waals surface area contributed by atoms with E-state index in [0.717, 1.165) is 16.2 Å². The van der Waals surface area contributed by atoms with Gasteiger partial charge in [0.05, 0.1) is 18.4 Å². The van der Waals surface area contributed by atoms with Gasteiger partial charge in [-0.1, -0.05) is 65.8 Å². The van der Waals surface area contributed by atoms with Gasteiger partial charge >= 0.3 is 5.97 Å². The molecule has 1 aliphatic rings. The Labute approximate surface area is 251 Å². The molecule has 3 aromatic rings. The van der Waals surface area contributed by atoms with Gasteiger partial charge in [0.15, 0.2) is 0 Å². The summed E-state index contributed by atoms with van der Waals surface area (Å²) in [7, 11) is -2.69. The smallest absolute Gasteiger partial charge is 0.338 e. The average molecular weight is 659 g/mol. The number of hydrogen-bond acceptors (Lipinski definition) is 8. The van der Waals surface area contributed by atoms with Crippen molar-refractivity contribution in [3.63, 3.8) is 0 Å². The molecule has 214 valence electrons. The molecule has 0 saturated heterocycles. The van der Waals surface area contributed by atoms with Crippen LogP contribution in [0.15, 0.2) is 92.8 Å². The third-order valence-corrected chi connectivity index (χ3v) is 8.72. The fourth-order valence-corrected chi connectivity index (χ4v) is 6.57. The minimum Gasteiger partial charge on any atom is -0.465 e. The Morgan fingerprint density at radius 3 is 2.37 bits per heavy atom. The maximum absolute atomic E-state index is 13.4. The van der Waals surface area contributed by atoms with Gasteiger partial charge in [0.1, 0.15) is 10.6 Å². The van der Waals surface area contributed by atoms with E-state index >= 15 is 0 Å². The van der Waals surface area contributed by atoms with Crippen LogP contribution in [0.5, 0.6) is 0 Å². The number of carbonyl (C=O) groups is 3. The van der Waals surface area contributed by atoms with Gasteiger partial charge < -0.3 is 10.1 Å². The highest BCUT2D eigenvalue weighted by Gasteiger charge is 2.39. The SMILES string of the molecule is COC(=O)c1ccccc1CS(=O)(=O)Nc1cccc(SC2=C(Nc3ccc(Br)cc3)C(=O)N(CC(C)C)C2=O)c1. The summed E-state index contributed by atoms with van der Waals surface area (Å²) in [6, 6.07) is 20.1. The van der Waals surface area contributed by atoms with Crippen LogP contribution < -0.4 is 10.0 Å². The maximum atomic E-state index is 13.4. The van der Waals surface area contributed by atoms with Gasteiger partial charge in [-0.25, -0.2) is 13.2 Å². The number of hydrogen-bond donors (Lipinski definition) is 2. The Morgan fingerprint density at radius 1 is 0.976 bits per heavy atom. The summed E-state index contributed by atoms with van der Waals surface area (Å²) in [6.07, 6.45) is 0. The number of imide groups is 1. The Kier molecular flexibility index (Phi) is 9.57. The molecular formula is C29H28BrN3O6S2. The second-order valence-electron chi connectivity index (χ2n) is 9.59. The number of benzene rings is 3. The third-order valence-electron chi connectivity index (χ3n) is 5.88. The quantitative estimate of drug-likeness (QED) is 0.201. The van der Waals surface area contributed by atoms with Crippen LogP contribution in [0.1, 0.15) is 29.8 Å². The highest BCUT2D eigenvalue weighted by molar-refractivity contribution is 9.10. The summed E-state index contributed by atoms with van der Waals surface area (Å²) in [5.41, 5.74) is 1.53. The second-order valence-corrected chi connectivity index (χ2v) is 13.3. The monoisotopic (exact) mass is 657 g/mol. The fourth-order valence-electron chi connectivity index (χ4n) is 4.08. The van der Waals surface area contributed by atoms with Crippen molar-refractivity contribution in [1.82, 2.24) is 4.90 Å². The summed E-state index contributed by atoms with van der Waals surface area (Å²) in [6.45, 7) is 4.11. The first-order valence-corrected chi connectivity index (χ1v) is 15.8. The minimum absolute atomic E-state index is 0.0724. The van der Waals surface area contributed by atoms with E-state index in [1.165, 1.54) is 18.1 Å². The van der Waals surface area contributed by atoms with Crippen molar-refractivity contribution in [3.05, 3.63) is 99.0 Å². The lowest BCUT2D eigenvalue weighted by Gasteiger charge is -2.17. The number of carbonyl (C=O) groups excluding carboxylic acids is 3. The predicted molar refractivity (Wildman–Crippen MR) is 163 cm³/mol. The molecule has 0 spiro atoms. The third kappa shape index (κ3) is 7.57. The summed E-state index contributed by atoms with van der Waals surface area (Å²) < 4.78 is 34.2. The number of nitrogens with one attached hydrogen (secondary N) is 2. The molecule has 41 heavy (non-hydrogen) atoms. The van der Waals surface area contributed by atoms with Crippen LogP contribution in [0.3, 0.4) is 0 Å². The molecule has 2 amide bonds. The Bertz CT molecular complexity index is 1620. The van der Waals surface area contributed by atoms with E-state index in [1.54, 1.807) is 54.6 Å². The standard InChI is InChI=1S/C29H28BrN3O6S2/c1-18(2)16-33-27(34)25(31-21-13-11-20(30)12-14-21)26(28(33)35)40-23-9-6-8-22(15-23)32-41(37,38)17-19-7-4-5-10-24(19)29(36)39-3/h4-15,18,31-32H,16-17H2,1-3H3. The van der Waals surface area contributed by atoms with Crippen LogP contribution in [0.2, 0.25) is 0 Å². The van der Waals surface area contributed by atoms with Crippen LogP contribution >= 0.6 is 27.7 Å².